The summed E-state index contributed by atoms with van der Waals surface area (Å²) in [6.07, 6.45) is 0. The van der Waals surface area contributed by atoms with Crippen molar-refractivity contribution in [3.05, 3.63) is 72.0 Å². The van der Waals surface area contributed by atoms with E-state index in [-0.39, 0.29) is 5.91 Å². The van der Waals surface area contributed by atoms with Gasteiger partial charge >= 0.3 is 0 Å². The number of anilines is 1. The van der Waals surface area contributed by atoms with Gasteiger partial charge in [-0.25, -0.2) is 4.98 Å². The van der Waals surface area contributed by atoms with Gasteiger partial charge in [0.1, 0.15) is 0 Å². The van der Waals surface area contributed by atoms with Crippen molar-refractivity contribution in [2.45, 2.75) is 13.5 Å². The number of furan rings is 1. The summed E-state index contributed by atoms with van der Waals surface area (Å²) in [6, 6.07) is 19.8. The average Bonchev–Trinajstić information content (AvgIpc) is 3.38. The van der Waals surface area contributed by atoms with Gasteiger partial charge in [0.15, 0.2) is 16.5 Å². The molecule has 2 aromatic heterocycles. The Hall–Kier alpha value is -3.12. The van der Waals surface area contributed by atoms with Crippen molar-refractivity contribution in [1.82, 2.24) is 9.88 Å². The fraction of sp³-hybridized carbons (Fsp3) is 0.217. The van der Waals surface area contributed by atoms with E-state index < -0.39 is 0 Å². The number of para-hydroxylation sites is 1. The summed E-state index contributed by atoms with van der Waals surface area (Å²) in [5.74, 6) is 0.850. The molecule has 0 unspecified atom stereocenters. The van der Waals surface area contributed by atoms with E-state index in [9.17, 15) is 4.79 Å². The minimum Gasteiger partial charge on any atom is -0.448 e. The molecule has 4 aromatic rings. The zero-order valence-corrected chi connectivity index (χ0v) is 17.6. The second kappa shape index (κ2) is 8.09. The molecule has 0 aliphatic rings. The lowest BCUT2D eigenvalue weighted by atomic mass is 10.2. The molecule has 1 amide bonds. The Morgan fingerprint density at radius 1 is 1.03 bits per heavy atom. The third-order valence-corrected chi connectivity index (χ3v) is 5.87. The predicted octanol–water partition coefficient (Wildman–Crippen LogP) is 5.28. The van der Waals surface area contributed by atoms with Gasteiger partial charge in [-0.2, -0.15) is 0 Å². The van der Waals surface area contributed by atoms with Crippen LogP contribution in [0.15, 0.2) is 65.1 Å². The van der Waals surface area contributed by atoms with Gasteiger partial charge in [-0.1, -0.05) is 24.3 Å². The molecular formula is C23H23N3O2S. The number of aromatic nitrogens is 1. The highest BCUT2D eigenvalue weighted by atomic mass is 32.1. The number of thiazole rings is 1. The first-order valence-corrected chi connectivity index (χ1v) is 10.4. The number of rotatable bonds is 6. The number of fused-ring (bicyclic) bond motifs is 1. The Morgan fingerprint density at radius 3 is 2.48 bits per heavy atom. The van der Waals surface area contributed by atoms with Gasteiger partial charge in [0, 0.05) is 32.9 Å². The van der Waals surface area contributed by atoms with Crippen LogP contribution >= 0.6 is 11.3 Å². The van der Waals surface area contributed by atoms with Gasteiger partial charge in [0.25, 0.3) is 5.91 Å². The zero-order chi connectivity index (χ0) is 20.4. The highest BCUT2D eigenvalue weighted by Gasteiger charge is 2.20. The monoisotopic (exact) mass is 405 g/mol. The first-order valence-electron chi connectivity index (χ1n) is 9.56. The lowest BCUT2D eigenvalue weighted by Gasteiger charge is -2.20. The maximum absolute atomic E-state index is 13.0. The standard InChI is InChI=1S/C23H23N3O2S/c1-4-26(15-16-9-11-17(12-10-16)25(2)3)23(27)20-14-13-19(28-20)22-24-18-7-5-6-8-21(18)29-22/h5-14H,4,15H2,1-3H3. The van der Waals surface area contributed by atoms with Crippen LogP contribution in [0.25, 0.3) is 21.0 Å². The molecule has 0 saturated carbocycles. The largest absolute Gasteiger partial charge is 0.448 e. The van der Waals surface area contributed by atoms with Crippen molar-refractivity contribution < 1.29 is 9.21 Å². The molecule has 4 rings (SSSR count). The second-order valence-electron chi connectivity index (χ2n) is 7.03. The third-order valence-electron chi connectivity index (χ3n) is 4.82. The number of benzene rings is 2. The van der Waals surface area contributed by atoms with Gasteiger partial charge in [-0.05, 0) is 48.9 Å². The number of hydrogen-bond donors (Lipinski definition) is 0. The molecule has 148 valence electrons. The van der Waals surface area contributed by atoms with Crippen LogP contribution in [-0.2, 0) is 6.54 Å². The number of nitrogens with zero attached hydrogens (tertiary/aromatic N) is 3. The Morgan fingerprint density at radius 2 is 1.79 bits per heavy atom. The molecule has 0 N–H and O–H groups in total. The maximum Gasteiger partial charge on any atom is 0.289 e. The molecule has 0 aliphatic carbocycles. The van der Waals surface area contributed by atoms with Gasteiger partial charge < -0.3 is 14.2 Å². The highest BCUT2D eigenvalue weighted by Crippen LogP contribution is 2.31. The molecule has 0 spiro atoms. The minimum absolute atomic E-state index is 0.114. The van der Waals surface area contributed by atoms with Gasteiger partial charge in [0.2, 0.25) is 0 Å². The summed E-state index contributed by atoms with van der Waals surface area (Å²) in [4.78, 5) is 21.4. The molecule has 29 heavy (non-hydrogen) atoms. The summed E-state index contributed by atoms with van der Waals surface area (Å²) in [7, 11) is 4.02. The molecule has 2 aromatic carbocycles. The van der Waals surface area contributed by atoms with Crippen LogP contribution in [-0.4, -0.2) is 36.4 Å². The SMILES string of the molecule is CCN(Cc1ccc(N(C)C)cc1)C(=O)c1ccc(-c2nc3ccccc3s2)o1. The van der Waals surface area contributed by atoms with Crippen molar-refractivity contribution in [1.29, 1.82) is 0 Å². The Balaban J connectivity index is 1.52. The third kappa shape index (κ3) is 4.03. The van der Waals surface area contributed by atoms with E-state index in [1.165, 1.54) is 0 Å². The van der Waals surface area contributed by atoms with Crippen molar-refractivity contribution in [2.24, 2.45) is 0 Å². The van der Waals surface area contributed by atoms with Crippen molar-refractivity contribution in [3.63, 3.8) is 0 Å². The molecule has 2 heterocycles. The predicted molar refractivity (Wildman–Crippen MR) is 119 cm³/mol. The van der Waals surface area contributed by atoms with Crippen LogP contribution in [0.3, 0.4) is 0 Å². The summed E-state index contributed by atoms with van der Waals surface area (Å²) >= 11 is 1.56. The summed E-state index contributed by atoms with van der Waals surface area (Å²) in [5.41, 5.74) is 3.16. The number of hydrogen-bond acceptors (Lipinski definition) is 5. The van der Waals surface area contributed by atoms with Gasteiger partial charge in [0.05, 0.1) is 10.2 Å². The fourth-order valence-electron chi connectivity index (χ4n) is 3.15. The number of amides is 1. The lowest BCUT2D eigenvalue weighted by Crippen LogP contribution is -2.30. The van der Waals surface area contributed by atoms with Crippen molar-refractivity contribution in [2.75, 3.05) is 25.5 Å². The maximum atomic E-state index is 13.0. The summed E-state index contributed by atoms with van der Waals surface area (Å²) in [6.45, 7) is 3.12. The van der Waals surface area contributed by atoms with Gasteiger partial charge in [-0.15, -0.1) is 11.3 Å². The normalized spacial score (nSPS) is 11.0. The molecule has 0 atom stereocenters. The molecule has 0 bridgehead atoms. The first kappa shape index (κ1) is 19.2. The van der Waals surface area contributed by atoms with Crippen LogP contribution in [0, 0.1) is 0 Å². The van der Waals surface area contributed by atoms with Crippen LogP contribution in [0.5, 0.6) is 0 Å². The molecule has 0 fully saturated rings. The van der Waals surface area contributed by atoms with E-state index >= 15 is 0 Å². The topological polar surface area (TPSA) is 49.6 Å². The van der Waals surface area contributed by atoms with E-state index in [0.29, 0.717) is 24.6 Å². The Bertz CT molecular complexity index is 1100. The van der Waals surface area contributed by atoms with Crippen molar-refractivity contribution >= 4 is 33.1 Å². The van der Waals surface area contributed by atoms with E-state index in [1.807, 2.05) is 51.4 Å². The minimum atomic E-state index is -0.114. The van der Waals surface area contributed by atoms with E-state index in [1.54, 1.807) is 22.3 Å². The fourth-order valence-corrected chi connectivity index (χ4v) is 4.08. The smallest absolute Gasteiger partial charge is 0.289 e. The van der Waals surface area contributed by atoms with E-state index in [4.69, 9.17) is 4.42 Å². The highest BCUT2D eigenvalue weighted by molar-refractivity contribution is 7.21. The first-order chi connectivity index (χ1) is 14.0. The molecule has 0 radical (unpaired) electrons. The molecule has 0 saturated heterocycles. The quantitative estimate of drug-likeness (QED) is 0.438. The number of carbonyl (C=O) groups excluding carboxylic acids is 1. The summed E-state index contributed by atoms with van der Waals surface area (Å²) < 4.78 is 6.98. The molecular weight excluding hydrogens is 382 g/mol. The molecule has 6 heteroatoms. The second-order valence-corrected chi connectivity index (χ2v) is 8.06. The Kier molecular flexibility index (Phi) is 5.36. The van der Waals surface area contributed by atoms with Crippen molar-refractivity contribution in [3.8, 4) is 10.8 Å². The molecule has 5 nitrogen and oxygen atoms in total. The average molecular weight is 406 g/mol. The zero-order valence-electron chi connectivity index (χ0n) is 16.8. The van der Waals surface area contributed by atoms with Crippen LogP contribution < -0.4 is 4.90 Å². The van der Waals surface area contributed by atoms with E-state index in [0.717, 1.165) is 26.5 Å². The van der Waals surface area contributed by atoms with E-state index in [2.05, 4.69) is 34.1 Å². The van der Waals surface area contributed by atoms with Crippen LogP contribution in [0.4, 0.5) is 5.69 Å². The van der Waals surface area contributed by atoms with Crippen LogP contribution in [0.1, 0.15) is 23.0 Å². The van der Waals surface area contributed by atoms with Crippen LogP contribution in [0.2, 0.25) is 0 Å². The lowest BCUT2D eigenvalue weighted by molar-refractivity contribution is 0.0721. The molecule has 0 aliphatic heterocycles. The van der Waals surface area contributed by atoms with Gasteiger partial charge in [-0.3, -0.25) is 4.79 Å². The number of carbonyl (C=O) groups is 1. The summed E-state index contributed by atoms with van der Waals surface area (Å²) in [5, 5.41) is 0.785. The Labute approximate surface area is 174 Å².